The maximum Gasteiger partial charge on any atom is 0.357 e. The molecule has 9 heteroatoms. The Morgan fingerprint density at radius 2 is 2.00 bits per heavy atom. The van der Waals surface area contributed by atoms with Gasteiger partial charge in [0, 0.05) is 18.8 Å². The molecule has 0 fully saturated rings. The molecular weight excluding hydrogens is 394 g/mol. The van der Waals surface area contributed by atoms with Gasteiger partial charge in [-0.15, -0.1) is 0 Å². The van der Waals surface area contributed by atoms with Crippen molar-refractivity contribution < 1.29 is 18.7 Å². The van der Waals surface area contributed by atoms with E-state index in [1.165, 1.54) is 22.8 Å². The number of alkyl halides is 3. The third-order valence-corrected chi connectivity index (χ3v) is 3.80. The van der Waals surface area contributed by atoms with Crippen molar-refractivity contribution in [1.29, 1.82) is 0 Å². The molecule has 5 nitrogen and oxygen atoms in total. The highest BCUT2D eigenvalue weighted by atomic mass is 35.6. The van der Waals surface area contributed by atoms with Gasteiger partial charge >= 0.3 is 5.97 Å². The number of esters is 1. The summed E-state index contributed by atoms with van der Waals surface area (Å²) in [6.07, 6.45) is 1.55. The van der Waals surface area contributed by atoms with E-state index in [0.717, 1.165) is 0 Å². The zero-order chi connectivity index (χ0) is 18.8. The van der Waals surface area contributed by atoms with Crippen molar-refractivity contribution in [3.05, 3.63) is 42.0 Å². The fourth-order valence-electron chi connectivity index (χ4n) is 2.26. The van der Waals surface area contributed by atoms with E-state index in [2.05, 4.69) is 5.32 Å². The molecule has 25 heavy (non-hydrogen) atoms. The number of hydrogen-bond acceptors (Lipinski definition) is 3. The second kappa shape index (κ2) is 7.64. The van der Waals surface area contributed by atoms with Gasteiger partial charge in [0.2, 0.25) is 0 Å². The minimum Gasteiger partial charge on any atom is -0.461 e. The SMILES string of the molecule is CCOC(=O)c1c(NC(=O)C(Cl)(Cl)Cl)c(-c2cccc(F)c2)cn1C. The van der Waals surface area contributed by atoms with Gasteiger partial charge in [0.05, 0.1) is 12.3 Å². The lowest BCUT2D eigenvalue weighted by Gasteiger charge is -2.14. The smallest absolute Gasteiger partial charge is 0.357 e. The summed E-state index contributed by atoms with van der Waals surface area (Å²) >= 11 is 16.8. The molecule has 0 spiro atoms. The zero-order valence-corrected chi connectivity index (χ0v) is 15.5. The van der Waals surface area contributed by atoms with Crippen LogP contribution in [0.3, 0.4) is 0 Å². The summed E-state index contributed by atoms with van der Waals surface area (Å²) in [5, 5.41) is 2.42. The average Bonchev–Trinajstić information content (AvgIpc) is 2.83. The largest absolute Gasteiger partial charge is 0.461 e. The number of nitrogens with zero attached hydrogens (tertiary/aromatic N) is 1. The second-order valence-electron chi connectivity index (χ2n) is 5.06. The Bertz CT molecular complexity index is 815. The molecule has 2 rings (SSSR count). The quantitative estimate of drug-likeness (QED) is 0.606. The summed E-state index contributed by atoms with van der Waals surface area (Å²) in [5.41, 5.74) is 0.935. The average molecular weight is 408 g/mol. The van der Waals surface area contributed by atoms with Crippen molar-refractivity contribution in [2.24, 2.45) is 7.05 Å². The molecule has 2 aromatic rings. The van der Waals surface area contributed by atoms with Crippen molar-refractivity contribution >= 4 is 52.4 Å². The topological polar surface area (TPSA) is 60.3 Å². The summed E-state index contributed by atoms with van der Waals surface area (Å²) in [6.45, 7) is 1.78. The number of carbonyl (C=O) groups is 2. The minimum atomic E-state index is -2.24. The van der Waals surface area contributed by atoms with Gasteiger partial charge in [-0.25, -0.2) is 9.18 Å². The third kappa shape index (κ3) is 4.45. The highest BCUT2D eigenvalue weighted by Gasteiger charge is 2.33. The van der Waals surface area contributed by atoms with E-state index in [9.17, 15) is 14.0 Å². The Hall–Kier alpha value is -1.76. The molecule has 0 aliphatic carbocycles. The highest BCUT2D eigenvalue weighted by molar-refractivity contribution is 6.76. The molecule has 1 N–H and O–H groups in total. The summed E-state index contributed by atoms with van der Waals surface area (Å²) in [5.74, 6) is -2.10. The molecule has 1 aromatic heterocycles. The monoisotopic (exact) mass is 406 g/mol. The van der Waals surface area contributed by atoms with Gasteiger partial charge in [-0.1, -0.05) is 46.9 Å². The van der Waals surface area contributed by atoms with Crippen LogP contribution < -0.4 is 5.32 Å². The van der Waals surface area contributed by atoms with E-state index < -0.39 is 21.5 Å². The number of rotatable bonds is 4. The Morgan fingerprint density at radius 3 is 2.56 bits per heavy atom. The van der Waals surface area contributed by atoms with Crippen LogP contribution in [0.5, 0.6) is 0 Å². The Kier molecular flexibility index (Phi) is 5.98. The Labute approximate surface area is 158 Å². The molecule has 0 radical (unpaired) electrons. The van der Waals surface area contributed by atoms with Crippen LogP contribution in [0.1, 0.15) is 17.4 Å². The first-order chi connectivity index (χ1) is 11.6. The van der Waals surface area contributed by atoms with Crippen molar-refractivity contribution in [2.75, 3.05) is 11.9 Å². The molecule has 0 unspecified atom stereocenters. The van der Waals surface area contributed by atoms with Crippen LogP contribution in [0.2, 0.25) is 0 Å². The molecule has 0 aliphatic heterocycles. The van der Waals surface area contributed by atoms with Gasteiger partial charge in [0.15, 0.2) is 5.69 Å². The lowest BCUT2D eigenvalue weighted by Crippen LogP contribution is -2.28. The normalized spacial score (nSPS) is 11.3. The van der Waals surface area contributed by atoms with Crippen LogP contribution in [-0.2, 0) is 16.6 Å². The lowest BCUT2D eigenvalue weighted by atomic mass is 10.1. The van der Waals surface area contributed by atoms with Crippen molar-refractivity contribution in [1.82, 2.24) is 4.57 Å². The third-order valence-electron chi connectivity index (χ3n) is 3.28. The van der Waals surface area contributed by atoms with E-state index in [-0.39, 0.29) is 18.0 Å². The van der Waals surface area contributed by atoms with Crippen LogP contribution >= 0.6 is 34.8 Å². The molecule has 1 heterocycles. The van der Waals surface area contributed by atoms with Gasteiger partial charge in [-0.3, -0.25) is 4.79 Å². The van der Waals surface area contributed by atoms with Crippen LogP contribution in [0.4, 0.5) is 10.1 Å². The van der Waals surface area contributed by atoms with Crippen molar-refractivity contribution in [3.63, 3.8) is 0 Å². The highest BCUT2D eigenvalue weighted by Crippen LogP contribution is 2.36. The fraction of sp³-hybridized carbons (Fsp3) is 0.250. The first-order valence-corrected chi connectivity index (χ1v) is 8.29. The predicted octanol–water partition coefficient (Wildman–Crippen LogP) is 4.32. The molecule has 1 amide bonds. The first kappa shape index (κ1) is 19.6. The number of amides is 1. The number of nitrogens with one attached hydrogen (secondary N) is 1. The van der Waals surface area contributed by atoms with E-state index in [1.807, 2.05) is 0 Å². The summed E-state index contributed by atoms with van der Waals surface area (Å²) < 4.78 is 17.8. The maximum atomic E-state index is 13.6. The van der Waals surface area contributed by atoms with Crippen molar-refractivity contribution in [2.45, 2.75) is 10.7 Å². The van der Waals surface area contributed by atoms with Gasteiger partial charge in [-0.2, -0.15) is 0 Å². The molecular formula is C16H14Cl3FN2O3. The Morgan fingerprint density at radius 1 is 1.32 bits per heavy atom. The number of anilines is 1. The molecule has 134 valence electrons. The number of aromatic nitrogens is 1. The number of carbonyl (C=O) groups excluding carboxylic acids is 2. The van der Waals surface area contributed by atoms with Gasteiger partial charge < -0.3 is 14.6 Å². The van der Waals surface area contributed by atoms with Crippen LogP contribution in [0.15, 0.2) is 30.5 Å². The summed E-state index contributed by atoms with van der Waals surface area (Å²) in [6, 6.07) is 5.66. The standard InChI is InChI=1S/C16H14Cl3FN2O3/c1-3-25-14(23)13-12(21-15(24)16(17,18)19)11(8-22(13)2)9-5-4-6-10(20)7-9/h4-8H,3H2,1-2H3,(H,21,24). The Balaban J connectivity index is 2.61. The summed E-state index contributed by atoms with van der Waals surface area (Å²) in [4.78, 5) is 24.3. The van der Waals surface area contributed by atoms with Crippen LogP contribution in [-0.4, -0.2) is 26.8 Å². The molecule has 0 atom stereocenters. The predicted molar refractivity (Wildman–Crippen MR) is 95.7 cm³/mol. The van der Waals surface area contributed by atoms with Gasteiger partial charge in [-0.05, 0) is 24.6 Å². The molecule has 0 saturated heterocycles. The van der Waals surface area contributed by atoms with Crippen molar-refractivity contribution in [3.8, 4) is 11.1 Å². The number of halogens is 4. The zero-order valence-electron chi connectivity index (χ0n) is 13.3. The van der Waals surface area contributed by atoms with Gasteiger partial charge in [0.1, 0.15) is 5.82 Å². The second-order valence-corrected chi connectivity index (χ2v) is 7.34. The van der Waals surface area contributed by atoms with Crippen LogP contribution in [0.25, 0.3) is 11.1 Å². The maximum absolute atomic E-state index is 13.6. The number of aryl methyl sites for hydroxylation is 1. The van der Waals surface area contributed by atoms with E-state index in [1.54, 1.807) is 26.2 Å². The number of hydrogen-bond donors (Lipinski definition) is 1. The molecule has 1 aromatic carbocycles. The molecule has 0 aliphatic rings. The van der Waals surface area contributed by atoms with E-state index in [0.29, 0.717) is 11.1 Å². The first-order valence-electron chi connectivity index (χ1n) is 7.15. The number of ether oxygens (including phenoxy) is 1. The lowest BCUT2D eigenvalue weighted by molar-refractivity contribution is -0.115. The fourth-order valence-corrected chi connectivity index (χ4v) is 2.40. The molecule has 0 saturated carbocycles. The van der Waals surface area contributed by atoms with E-state index in [4.69, 9.17) is 39.5 Å². The van der Waals surface area contributed by atoms with Crippen LogP contribution in [0, 0.1) is 5.82 Å². The minimum absolute atomic E-state index is 0.0451. The van der Waals surface area contributed by atoms with E-state index >= 15 is 0 Å². The summed E-state index contributed by atoms with van der Waals surface area (Å²) in [7, 11) is 1.58. The number of benzene rings is 1. The van der Waals surface area contributed by atoms with Gasteiger partial charge in [0.25, 0.3) is 9.70 Å². The molecule has 0 bridgehead atoms.